The predicted molar refractivity (Wildman–Crippen MR) is 125 cm³/mol. The Kier molecular flexibility index (Phi) is 7.22. The highest BCUT2D eigenvalue weighted by molar-refractivity contribution is 5.95. The lowest BCUT2D eigenvalue weighted by Gasteiger charge is -2.25. The minimum Gasteiger partial charge on any atom is -0.497 e. The van der Waals surface area contributed by atoms with Crippen molar-refractivity contribution < 1.29 is 19.1 Å². The van der Waals surface area contributed by atoms with E-state index in [9.17, 15) is 9.59 Å². The number of amides is 2. The molecule has 2 aromatic heterocycles. The van der Waals surface area contributed by atoms with Gasteiger partial charge >= 0.3 is 0 Å². The van der Waals surface area contributed by atoms with Gasteiger partial charge in [0, 0.05) is 26.3 Å². The fourth-order valence-corrected chi connectivity index (χ4v) is 4.03. The van der Waals surface area contributed by atoms with Gasteiger partial charge in [-0.05, 0) is 42.8 Å². The number of methoxy groups -OCH3 is 1. The van der Waals surface area contributed by atoms with Crippen LogP contribution in [0.15, 0.2) is 54.7 Å². The summed E-state index contributed by atoms with van der Waals surface area (Å²) in [5.74, 6) is 0.355. The van der Waals surface area contributed by atoms with Crippen molar-refractivity contribution in [3.05, 3.63) is 77.4 Å². The molecule has 0 saturated carbocycles. The van der Waals surface area contributed by atoms with Crippen molar-refractivity contribution >= 4 is 11.8 Å². The lowest BCUT2D eigenvalue weighted by molar-refractivity contribution is -0.132. The van der Waals surface area contributed by atoms with Gasteiger partial charge in [0.2, 0.25) is 5.91 Å². The Hall–Kier alpha value is -3.72. The minimum absolute atomic E-state index is 0.0328. The Bertz CT molecular complexity index is 1150. The van der Waals surface area contributed by atoms with Crippen LogP contribution >= 0.6 is 0 Å². The first-order valence-electron chi connectivity index (χ1n) is 11.1. The number of nitrogens with zero attached hydrogens (tertiary/aromatic N) is 5. The van der Waals surface area contributed by atoms with Crippen LogP contribution in [-0.4, -0.2) is 69.2 Å². The third-order valence-electron chi connectivity index (χ3n) is 5.73. The van der Waals surface area contributed by atoms with E-state index in [0.717, 1.165) is 22.7 Å². The van der Waals surface area contributed by atoms with Crippen LogP contribution in [0.1, 0.15) is 27.4 Å². The van der Waals surface area contributed by atoms with Gasteiger partial charge in [-0.2, -0.15) is 5.10 Å². The van der Waals surface area contributed by atoms with E-state index in [2.05, 4.69) is 10.1 Å². The molecule has 34 heavy (non-hydrogen) atoms. The van der Waals surface area contributed by atoms with E-state index in [1.807, 2.05) is 49.4 Å². The Morgan fingerprint density at radius 3 is 2.71 bits per heavy atom. The highest BCUT2D eigenvalue weighted by Crippen LogP contribution is 2.18. The van der Waals surface area contributed by atoms with E-state index >= 15 is 0 Å². The van der Waals surface area contributed by atoms with E-state index < -0.39 is 0 Å². The first kappa shape index (κ1) is 23.4. The molecule has 0 aliphatic carbocycles. The number of benzene rings is 1. The van der Waals surface area contributed by atoms with Crippen molar-refractivity contribution in [2.24, 2.45) is 7.05 Å². The molecule has 1 unspecified atom stereocenters. The monoisotopic (exact) mass is 463 g/mol. The van der Waals surface area contributed by atoms with Gasteiger partial charge in [-0.3, -0.25) is 19.3 Å². The molecule has 1 atom stereocenters. The lowest BCUT2D eigenvalue weighted by Crippen LogP contribution is -2.40. The first-order chi connectivity index (χ1) is 16.4. The molecule has 178 valence electrons. The SMILES string of the molecule is COc1cccc(COC2CN(Cc3ccccn3)C(=O)CN(C(=O)c3cc(C)nn3C)C2)c1. The van der Waals surface area contributed by atoms with Gasteiger partial charge in [0.05, 0.1) is 37.8 Å². The van der Waals surface area contributed by atoms with Crippen LogP contribution in [0, 0.1) is 6.92 Å². The molecule has 1 fully saturated rings. The Balaban J connectivity index is 1.55. The average molecular weight is 464 g/mol. The molecule has 0 bridgehead atoms. The van der Waals surface area contributed by atoms with E-state index in [1.165, 1.54) is 0 Å². The quantitative estimate of drug-likeness (QED) is 0.534. The zero-order valence-electron chi connectivity index (χ0n) is 19.7. The van der Waals surface area contributed by atoms with E-state index in [4.69, 9.17) is 9.47 Å². The number of hydrogen-bond donors (Lipinski definition) is 0. The van der Waals surface area contributed by atoms with E-state index in [1.54, 1.807) is 40.9 Å². The summed E-state index contributed by atoms with van der Waals surface area (Å²) in [5, 5.41) is 4.27. The van der Waals surface area contributed by atoms with Gasteiger partial charge in [0.1, 0.15) is 18.0 Å². The van der Waals surface area contributed by atoms with Crippen molar-refractivity contribution in [2.75, 3.05) is 26.7 Å². The fraction of sp³-hybridized carbons (Fsp3) is 0.360. The Labute approximate surface area is 198 Å². The minimum atomic E-state index is -0.375. The summed E-state index contributed by atoms with van der Waals surface area (Å²) < 4.78 is 13.1. The molecule has 9 heteroatoms. The molecule has 9 nitrogen and oxygen atoms in total. The predicted octanol–water partition coefficient (Wildman–Crippen LogP) is 2.20. The van der Waals surface area contributed by atoms with Gasteiger partial charge in [0.25, 0.3) is 5.91 Å². The number of hydrogen-bond acceptors (Lipinski definition) is 6. The lowest BCUT2D eigenvalue weighted by atomic mass is 10.2. The maximum atomic E-state index is 13.3. The normalized spacial score (nSPS) is 16.4. The van der Waals surface area contributed by atoms with Crippen molar-refractivity contribution in [2.45, 2.75) is 26.2 Å². The van der Waals surface area contributed by atoms with Crippen LogP contribution in [0.25, 0.3) is 0 Å². The number of carbonyl (C=O) groups excluding carboxylic acids is 2. The van der Waals surface area contributed by atoms with Crippen molar-refractivity contribution in [1.82, 2.24) is 24.6 Å². The molecular formula is C25H29N5O4. The summed E-state index contributed by atoms with van der Waals surface area (Å²) in [4.78, 5) is 34.1. The second-order valence-corrected chi connectivity index (χ2v) is 8.36. The molecular weight excluding hydrogens is 434 g/mol. The van der Waals surface area contributed by atoms with Crippen molar-refractivity contribution in [3.8, 4) is 5.75 Å². The zero-order valence-corrected chi connectivity index (χ0v) is 19.7. The van der Waals surface area contributed by atoms with Gasteiger partial charge in [-0.15, -0.1) is 0 Å². The average Bonchev–Trinajstić information content (AvgIpc) is 3.10. The van der Waals surface area contributed by atoms with Crippen LogP contribution < -0.4 is 4.74 Å². The fourth-order valence-electron chi connectivity index (χ4n) is 4.03. The van der Waals surface area contributed by atoms with Crippen LogP contribution in [0.4, 0.5) is 0 Å². The third-order valence-corrected chi connectivity index (χ3v) is 5.73. The van der Waals surface area contributed by atoms with Crippen LogP contribution in [0.3, 0.4) is 0 Å². The summed E-state index contributed by atoms with van der Waals surface area (Å²) in [5.41, 5.74) is 2.92. The molecule has 1 aliphatic rings. The van der Waals surface area contributed by atoms with Gasteiger partial charge < -0.3 is 19.3 Å². The standard InChI is InChI=1S/C25H29N5O4/c1-18-11-23(28(2)27-18)25(32)30-15-22(34-17-19-7-6-9-21(12-19)33-3)14-29(24(31)16-30)13-20-8-4-5-10-26-20/h4-12,22H,13-17H2,1-3H3. The van der Waals surface area contributed by atoms with Crippen molar-refractivity contribution in [3.63, 3.8) is 0 Å². The molecule has 1 aromatic carbocycles. The molecule has 1 aliphatic heterocycles. The highest BCUT2D eigenvalue weighted by atomic mass is 16.5. The number of ether oxygens (including phenoxy) is 2. The zero-order chi connectivity index (χ0) is 24.1. The van der Waals surface area contributed by atoms with E-state index in [-0.39, 0.29) is 31.0 Å². The Morgan fingerprint density at radius 2 is 2.00 bits per heavy atom. The second-order valence-electron chi connectivity index (χ2n) is 8.36. The van der Waals surface area contributed by atoms with Gasteiger partial charge in [0.15, 0.2) is 0 Å². The Morgan fingerprint density at radius 1 is 1.15 bits per heavy atom. The summed E-state index contributed by atoms with van der Waals surface area (Å²) in [6.45, 7) is 3.13. The number of pyridine rings is 1. The molecule has 2 amide bonds. The van der Waals surface area contributed by atoms with Crippen molar-refractivity contribution in [1.29, 1.82) is 0 Å². The maximum Gasteiger partial charge on any atom is 0.272 e. The summed E-state index contributed by atoms with van der Waals surface area (Å²) in [6.07, 6.45) is 1.33. The number of aryl methyl sites for hydroxylation is 2. The van der Waals surface area contributed by atoms with Gasteiger partial charge in [-0.25, -0.2) is 0 Å². The molecule has 0 radical (unpaired) electrons. The molecule has 4 rings (SSSR count). The third kappa shape index (κ3) is 5.60. The summed E-state index contributed by atoms with van der Waals surface area (Å²) in [6, 6.07) is 15.0. The topological polar surface area (TPSA) is 89.8 Å². The highest BCUT2D eigenvalue weighted by Gasteiger charge is 2.32. The molecule has 3 aromatic rings. The van der Waals surface area contributed by atoms with E-state index in [0.29, 0.717) is 25.4 Å². The number of rotatable bonds is 7. The largest absolute Gasteiger partial charge is 0.497 e. The molecule has 0 N–H and O–H groups in total. The van der Waals surface area contributed by atoms with Gasteiger partial charge in [-0.1, -0.05) is 18.2 Å². The second kappa shape index (κ2) is 10.5. The van der Waals surface area contributed by atoms with Crippen LogP contribution in [0.5, 0.6) is 5.75 Å². The number of aromatic nitrogens is 3. The molecule has 3 heterocycles. The molecule has 0 spiro atoms. The molecule has 1 saturated heterocycles. The summed E-state index contributed by atoms with van der Waals surface area (Å²) >= 11 is 0. The smallest absolute Gasteiger partial charge is 0.272 e. The summed E-state index contributed by atoms with van der Waals surface area (Å²) in [7, 11) is 3.35. The number of carbonyl (C=O) groups is 2. The van der Waals surface area contributed by atoms with Crippen LogP contribution in [-0.2, 0) is 29.7 Å². The first-order valence-corrected chi connectivity index (χ1v) is 11.1. The maximum absolute atomic E-state index is 13.3. The van der Waals surface area contributed by atoms with Crippen LogP contribution in [0.2, 0.25) is 0 Å².